The normalized spacial score (nSPS) is 13.7. The Labute approximate surface area is 175 Å². The van der Waals surface area contributed by atoms with E-state index in [0.717, 1.165) is 17.1 Å². The average Bonchev–Trinajstić information content (AvgIpc) is 3.55. The first-order valence-electron chi connectivity index (χ1n) is 9.44. The Kier molecular flexibility index (Phi) is 6.68. The molecule has 1 heterocycles. The molecule has 3 rings (SSSR count). The first-order chi connectivity index (χ1) is 14.3. The van der Waals surface area contributed by atoms with Crippen LogP contribution in [0.4, 0.5) is 5.82 Å². The number of sulfonamides is 1. The molecule has 10 heteroatoms. The Morgan fingerprint density at radius 2 is 1.90 bits per heavy atom. The number of benzene rings is 1. The lowest BCUT2D eigenvalue weighted by atomic mass is 10.2. The minimum atomic E-state index is -3.64. The molecular weight excluding hydrogens is 408 g/mol. The predicted molar refractivity (Wildman–Crippen MR) is 110 cm³/mol. The van der Waals surface area contributed by atoms with Crippen LogP contribution in [0.3, 0.4) is 0 Å². The number of anilines is 1. The van der Waals surface area contributed by atoms with Gasteiger partial charge in [0.15, 0.2) is 6.61 Å². The molecule has 160 valence electrons. The second-order valence-electron chi connectivity index (χ2n) is 7.10. The smallest absolute Gasteiger partial charge is 0.340 e. The summed E-state index contributed by atoms with van der Waals surface area (Å²) in [6.45, 7) is -0.494. The third-order valence-corrected chi connectivity index (χ3v) is 6.39. The lowest BCUT2D eigenvalue weighted by molar-refractivity contribution is -0.124. The zero-order chi connectivity index (χ0) is 21.7. The van der Waals surface area contributed by atoms with Crippen LogP contribution in [-0.4, -0.2) is 56.3 Å². The number of carbonyl (C=O) groups excluding carboxylic acids is 2. The quantitative estimate of drug-likeness (QED) is 0.575. The van der Waals surface area contributed by atoms with Crippen LogP contribution in [-0.2, 0) is 26.1 Å². The molecule has 9 nitrogen and oxygen atoms in total. The fourth-order valence-corrected chi connectivity index (χ4v) is 3.71. The number of nitrogens with one attached hydrogen (secondary N) is 2. The maximum Gasteiger partial charge on any atom is 0.340 e. The van der Waals surface area contributed by atoms with Crippen molar-refractivity contribution >= 4 is 27.7 Å². The SMILES string of the molecule is CN(C)S(=O)(=O)c1ccccc1CNC(=O)COC(=O)c1ccc(NC2CC2)nc1. The molecule has 2 N–H and O–H groups in total. The van der Waals surface area contributed by atoms with Gasteiger partial charge in [-0.2, -0.15) is 0 Å². The highest BCUT2D eigenvalue weighted by Gasteiger charge is 2.22. The van der Waals surface area contributed by atoms with Gasteiger partial charge < -0.3 is 15.4 Å². The van der Waals surface area contributed by atoms with E-state index in [1.807, 2.05) is 0 Å². The summed E-state index contributed by atoms with van der Waals surface area (Å²) in [5.41, 5.74) is 0.681. The van der Waals surface area contributed by atoms with E-state index in [9.17, 15) is 18.0 Å². The van der Waals surface area contributed by atoms with Crippen molar-refractivity contribution in [3.05, 3.63) is 53.7 Å². The maximum atomic E-state index is 12.4. The lowest BCUT2D eigenvalue weighted by Crippen LogP contribution is -2.30. The van der Waals surface area contributed by atoms with Crippen molar-refractivity contribution < 1.29 is 22.7 Å². The third kappa shape index (κ3) is 5.55. The summed E-state index contributed by atoms with van der Waals surface area (Å²) in [5, 5.41) is 5.78. The molecule has 2 aromatic rings. The highest BCUT2D eigenvalue weighted by molar-refractivity contribution is 7.89. The first kappa shape index (κ1) is 21.7. The van der Waals surface area contributed by atoms with E-state index in [4.69, 9.17) is 4.74 Å². The summed E-state index contributed by atoms with van der Waals surface area (Å²) in [5.74, 6) is -0.510. The highest BCUT2D eigenvalue weighted by atomic mass is 32.2. The number of pyridine rings is 1. The Bertz CT molecular complexity index is 1020. The van der Waals surface area contributed by atoms with Crippen molar-refractivity contribution in [2.75, 3.05) is 26.0 Å². The molecule has 30 heavy (non-hydrogen) atoms. The summed E-state index contributed by atoms with van der Waals surface area (Å²) in [7, 11) is -0.764. The summed E-state index contributed by atoms with van der Waals surface area (Å²) in [6, 6.07) is 10.1. The van der Waals surface area contributed by atoms with Crippen LogP contribution in [0.2, 0.25) is 0 Å². The summed E-state index contributed by atoms with van der Waals surface area (Å²) in [6.07, 6.45) is 3.63. The zero-order valence-electron chi connectivity index (χ0n) is 16.8. The van der Waals surface area contributed by atoms with Gasteiger partial charge in [0.1, 0.15) is 5.82 Å². The van der Waals surface area contributed by atoms with Crippen LogP contribution in [0.15, 0.2) is 47.5 Å². The van der Waals surface area contributed by atoms with Crippen molar-refractivity contribution in [2.45, 2.75) is 30.3 Å². The fraction of sp³-hybridized carbons (Fsp3) is 0.350. The van der Waals surface area contributed by atoms with E-state index in [2.05, 4.69) is 15.6 Å². The van der Waals surface area contributed by atoms with E-state index >= 15 is 0 Å². The number of esters is 1. The number of hydrogen-bond donors (Lipinski definition) is 2. The molecule has 1 saturated carbocycles. The molecule has 1 aromatic carbocycles. The van der Waals surface area contributed by atoms with E-state index in [-0.39, 0.29) is 17.0 Å². The minimum Gasteiger partial charge on any atom is -0.452 e. The average molecular weight is 433 g/mol. The van der Waals surface area contributed by atoms with Crippen LogP contribution in [0, 0.1) is 0 Å². The molecule has 0 atom stereocenters. The van der Waals surface area contributed by atoms with Crippen molar-refractivity contribution in [2.24, 2.45) is 0 Å². The largest absolute Gasteiger partial charge is 0.452 e. The van der Waals surface area contributed by atoms with Crippen LogP contribution in [0.1, 0.15) is 28.8 Å². The van der Waals surface area contributed by atoms with Crippen LogP contribution in [0.25, 0.3) is 0 Å². The van der Waals surface area contributed by atoms with Gasteiger partial charge in [-0.1, -0.05) is 18.2 Å². The Morgan fingerprint density at radius 1 is 1.17 bits per heavy atom. The third-order valence-electron chi connectivity index (χ3n) is 4.47. The first-order valence-corrected chi connectivity index (χ1v) is 10.9. The molecule has 0 radical (unpaired) electrons. The van der Waals surface area contributed by atoms with Crippen molar-refractivity contribution in [3.63, 3.8) is 0 Å². The number of hydrogen-bond acceptors (Lipinski definition) is 7. The van der Waals surface area contributed by atoms with Gasteiger partial charge in [0.2, 0.25) is 10.0 Å². The predicted octanol–water partition coefficient (Wildman–Crippen LogP) is 1.38. The van der Waals surface area contributed by atoms with Gasteiger partial charge in [0.25, 0.3) is 5.91 Å². The number of rotatable bonds is 9. The number of aromatic nitrogens is 1. The van der Waals surface area contributed by atoms with Gasteiger partial charge in [-0.25, -0.2) is 22.5 Å². The Balaban J connectivity index is 1.51. The molecule has 0 saturated heterocycles. The van der Waals surface area contributed by atoms with Gasteiger partial charge in [-0.15, -0.1) is 0 Å². The van der Waals surface area contributed by atoms with Crippen molar-refractivity contribution in [1.82, 2.24) is 14.6 Å². The maximum absolute atomic E-state index is 12.4. The molecule has 0 bridgehead atoms. The van der Waals surface area contributed by atoms with Gasteiger partial charge in [-0.05, 0) is 36.6 Å². The van der Waals surface area contributed by atoms with Gasteiger partial charge in [0, 0.05) is 32.9 Å². The minimum absolute atomic E-state index is 0.0112. The van der Waals surface area contributed by atoms with E-state index < -0.39 is 28.5 Å². The molecule has 0 spiro atoms. The molecule has 0 aliphatic heterocycles. The van der Waals surface area contributed by atoms with Crippen LogP contribution >= 0.6 is 0 Å². The standard InChI is InChI=1S/C20H24N4O5S/c1-24(2)30(27,28)17-6-4-3-5-14(17)11-22-19(25)13-29-20(26)15-7-10-18(21-12-15)23-16-8-9-16/h3-7,10,12,16H,8-9,11,13H2,1-2H3,(H,21,23)(H,22,25). The van der Waals surface area contributed by atoms with Crippen molar-refractivity contribution in [3.8, 4) is 0 Å². The van der Waals surface area contributed by atoms with Gasteiger partial charge in [0.05, 0.1) is 10.5 Å². The molecule has 1 aromatic heterocycles. The molecule has 1 amide bonds. The molecule has 1 aliphatic rings. The van der Waals surface area contributed by atoms with Crippen molar-refractivity contribution in [1.29, 1.82) is 0 Å². The number of amides is 1. The zero-order valence-corrected chi connectivity index (χ0v) is 17.6. The number of nitrogens with zero attached hydrogens (tertiary/aromatic N) is 2. The number of ether oxygens (including phenoxy) is 1. The topological polar surface area (TPSA) is 118 Å². The van der Waals surface area contributed by atoms with Gasteiger partial charge in [-0.3, -0.25) is 4.79 Å². The Hall–Kier alpha value is -2.98. The molecule has 0 unspecified atom stereocenters. The fourth-order valence-electron chi connectivity index (χ4n) is 2.59. The summed E-state index contributed by atoms with van der Waals surface area (Å²) >= 11 is 0. The summed E-state index contributed by atoms with van der Waals surface area (Å²) in [4.78, 5) is 28.4. The second kappa shape index (κ2) is 9.23. The van der Waals surface area contributed by atoms with E-state index in [1.54, 1.807) is 30.3 Å². The van der Waals surface area contributed by atoms with Gasteiger partial charge >= 0.3 is 5.97 Å². The molecule has 1 aliphatic carbocycles. The van der Waals surface area contributed by atoms with Crippen LogP contribution < -0.4 is 10.6 Å². The monoisotopic (exact) mass is 432 g/mol. The molecular formula is C20H24N4O5S. The van der Waals surface area contributed by atoms with E-state index in [1.165, 1.54) is 26.4 Å². The Morgan fingerprint density at radius 3 is 2.53 bits per heavy atom. The summed E-state index contributed by atoms with van der Waals surface area (Å²) < 4.78 is 30.9. The highest BCUT2D eigenvalue weighted by Crippen LogP contribution is 2.23. The van der Waals surface area contributed by atoms with E-state index in [0.29, 0.717) is 17.4 Å². The number of carbonyl (C=O) groups is 2. The molecule has 1 fully saturated rings. The lowest BCUT2D eigenvalue weighted by Gasteiger charge is -2.15. The van der Waals surface area contributed by atoms with Crippen LogP contribution in [0.5, 0.6) is 0 Å². The second-order valence-corrected chi connectivity index (χ2v) is 9.22.